The average molecular weight is 374 g/mol. The van der Waals surface area contributed by atoms with Crippen LogP contribution in [0.3, 0.4) is 0 Å². The van der Waals surface area contributed by atoms with Crippen LogP contribution in [0.1, 0.15) is 54.4 Å². The maximum absolute atomic E-state index is 13.0. The quantitative estimate of drug-likeness (QED) is 0.672. The van der Waals surface area contributed by atoms with Crippen LogP contribution in [0.4, 0.5) is 4.79 Å². The first kappa shape index (κ1) is 24.2. The summed E-state index contributed by atoms with van der Waals surface area (Å²) in [4.78, 5) is 39.4. The van der Waals surface area contributed by atoms with E-state index in [1.807, 2.05) is 13.8 Å². The van der Waals surface area contributed by atoms with Gasteiger partial charge in [0.1, 0.15) is 17.2 Å². The lowest BCUT2D eigenvalue weighted by Gasteiger charge is -2.39. The van der Waals surface area contributed by atoms with Crippen molar-refractivity contribution in [2.24, 2.45) is 5.92 Å². The van der Waals surface area contributed by atoms with E-state index in [-0.39, 0.29) is 18.9 Å². The summed E-state index contributed by atoms with van der Waals surface area (Å²) in [6.45, 7) is 10.0. The van der Waals surface area contributed by atoms with Crippen molar-refractivity contribution >= 4 is 18.0 Å². The van der Waals surface area contributed by atoms with Crippen molar-refractivity contribution in [3.05, 3.63) is 0 Å². The van der Waals surface area contributed by atoms with Crippen LogP contribution in [-0.4, -0.2) is 75.9 Å². The number of aliphatic carboxylic acids is 1. The van der Waals surface area contributed by atoms with Crippen LogP contribution in [0.5, 0.6) is 0 Å². The van der Waals surface area contributed by atoms with E-state index in [9.17, 15) is 24.6 Å². The van der Waals surface area contributed by atoms with Gasteiger partial charge in [0.25, 0.3) is 0 Å². The fourth-order valence-electron chi connectivity index (χ4n) is 2.43. The molecule has 0 bridgehead atoms. The van der Waals surface area contributed by atoms with Gasteiger partial charge in [-0.25, -0.2) is 9.59 Å². The van der Waals surface area contributed by atoms with E-state index in [0.717, 1.165) is 4.90 Å². The van der Waals surface area contributed by atoms with Crippen LogP contribution in [0.2, 0.25) is 0 Å². The summed E-state index contributed by atoms with van der Waals surface area (Å²) in [7, 11) is 2.85. The maximum Gasteiger partial charge on any atom is 0.410 e. The lowest BCUT2D eigenvalue weighted by Crippen LogP contribution is -2.59. The Morgan fingerprint density at radius 3 is 1.92 bits per heavy atom. The molecule has 152 valence electrons. The molecule has 2 amide bonds. The molecule has 0 aliphatic heterocycles. The minimum Gasteiger partial charge on any atom is -0.480 e. The van der Waals surface area contributed by atoms with Gasteiger partial charge in [0.15, 0.2) is 0 Å². The Balaban J connectivity index is 5.68. The Labute approximate surface area is 156 Å². The largest absolute Gasteiger partial charge is 0.480 e. The van der Waals surface area contributed by atoms with Crippen molar-refractivity contribution in [3.8, 4) is 0 Å². The Morgan fingerprint density at radius 2 is 1.58 bits per heavy atom. The third-order valence-corrected chi connectivity index (χ3v) is 4.26. The molecule has 2 unspecified atom stereocenters. The molecule has 0 aliphatic carbocycles. The highest BCUT2D eigenvalue weighted by molar-refractivity contribution is 5.91. The lowest BCUT2D eigenvalue weighted by molar-refractivity contribution is -0.159. The van der Waals surface area contributed by atoms with Crippen LogP contribution in [0.25, 0.3) is 0 Å². The van der Waals surface area contributed by atoms with Crippen molar-refractivity contribution in [2.45, 2.75) is 71.6 Å². The number of rotatable bonds is 8. The summed E-state index contributed by atoms with van der Waals surface area (Å²) in [5.41, 5.74) is -2.29. The van der Waals surface area contributed by atoms with Gasteiger partial charge in [0.2, 0.25) is 5.91 Å². The first-order chi connectivity index (χ1) is 11.7. The summed E-state index contributed by atoms with van der Waals surface area (Å²) in [6.07, 6.45) is -0.410. The normalized spacial score (nSPS) is 15.2. The number of amides is 2. The Morgan fingerprint density at radius 1 is 1.08 bits per heavy atom. The second-order valence-electron chi connectivity index (χ2n) is 8.19. The molecule has 26 heavy (non-hydrogen) atoms. The number of aliphatic hydroxyl groups is 1. The minimum absolute atomic E-state index is 0.0937. The SMILES string of the molecule is CC(C)CC(C(=O)N(C)C(C)(CCO)C(=O)O)N(C)C(=O)OC(C)(C)C. The zero-order valence-electron chi connectivity index (χ0n) is 17.2. The van der Waals surface area contributed by atoms with Gasteiger partial charge in [0, 0.05) is 27.1 Å². The van der Waals surface area contributed by atoms with Crippen LogP contribution >= 0.6 is 0 Å². The molecule has 0 aromatic rings. The lowest BCUT2D eigenvalue weighted by atomic mass is 9.93. The monoisotopic (exact) mass is 374 g/mol. The molecule has 2 atom stereocenters. The molecule has 0 heterocycles. The van der Waals surface area contributed by atoms with Gasteiger partial charge in [-0.05, 0) is 40.0 Å². The first-order valence-corrected chi connectivity index (χ1v) is 8.75. The number of ether oxygens (including phenoxy) is 1. The number of likely N-dealkylation sites (N-methyl/N-ethyl adjacent to an activating group) is 2. The molecule has 0 aliphatic rings. The fraction of sp³-hybridized carbons (Fsp3) is 0.833. The van der Waals surface area contributed by atoms with Gasteiger partial charge in [-0.15, -0.1) is 0 Å². The number of hydrogen-bond acceptors (Lipinski definition) is 5. The molecule has 0 rings (SSSR count). The van der Waals surface area contributed by atoms with Crippen molar-refractivity contribution < 1.29 is 29.3 Å². The van der Waals surface area contributed by atoms with Crippen molar-refractivity contribution in [1.82, 2.24) is 9.80 Å². The van der Waals surface area contributed by atoms with E-state index >= 15 is 0 Å². The number of carboxylic acid groups (broad SMARTS) is 1. The zero-order chi connectivity index (χ0) is 20.9. The van der Waals surface area contributed by atoms with Gasteiger partial charge in [-0.1, -0.05) is 13.8 Å². The van der Waals surface area contributed by atoms with Gasteiger partial charge >= 0.3 is 12.1 Å². The number of carboxylic acids is 1. The second kappa shape index (κ2) is 9.21. The Bertz CT molecular complexity index is 514. The molecule has 0 spiro atoms. The fourth-order valence-corrected chi connectivity index (χ4v) is 2.43. The molecule has 0 saturated carbocycles. The molecule has 8 nitrogen and oxygen atoms in total. The number of carbonyl (C=O) groups excluding carboxylic acids is 2. The molecule has 0 aromatic carbocycles. The van der Waals surface area contributed by atoms with Gasteiger partial charge in [-0.3, -0.25) is 9.69 Å². The van der Waals surface area contributed by atoms with Gasteiger partial charge < -0.3 is 19.8 Å². The second-order valence-corrected chi connectivity index (χ2v) is 8.19. The summed E-state index contributed by atoms with van der Waals surface area (Å²) in [5, 5.41) is 18.7. The highest BCUT2D eigenvalue weighted by Crippen LogP contribution is 2.23. The van der Waals surface area contributed by atoms with E-state index in [4.69, 9.17) is 4.74 Å². The van der Waals surface area contributed by atoms with Crippen LogP contribution < -0.4 is 0 Å². The molecular formula is C18H34N2O6. The summed E-state index contributed by atoms with van der Waals surface area (Å²) in [5.74, 6) is -1.63. The Hall–Kier alpha value is -1.83. The molecule has 0 radical (unpaired) electrons. The van der Waals surface area contributed by atoms with Gasteiger partial charge in [-0.2, -0.15) is 0 Å². The van der Waals surface area contributed by atoms with Gasteiger partial charge in [0.05, 0.1) is 0 Å². The Kier molecular flexibility index (Phi) is 8.56. The van der Waals surface area contributed by atoms with Crippen LogP contribution in [0, 0.1) is 5.92 Å². The minimum atomic E-state index is -1.57. The highest BCUT2D eigenvalue weighted by Gasteiger charge is 2.43. The maximum atomic E-state index is 13.0. The predicted octanol–water partition coefficient (Wildman–Crippen LogP) is 1.95. The summed E-state index contributed by atoms with van der Waals surface area (Å²) < 4.78 is 5.33. The number of aliphatic hydroxyl groups excluding tert-OH is 1. The molecule has 0 fully saturated rings. The van der Waals surface area contributed by atoms with E-state index in [1.54, 1.807) is 20.8 Å². The highest BCUT2D eigenvalue weighted by atomic mass is 16.6. The van der Waals surface area contributed by atoms with Crippen molar-refractivity contribution in [2.75, 3.05) is 20.7 Å². The topological polar surface area (TPSA) is 107 Å². The molecule has 8 heteroatoms. The number of carbonyl (C=O) groups is 3. The van der Waals surface area contributed by atoms with E-state index in [0.29, 0.717) is 6.42 Å². The molecular weight excluding hydrogens is 340 g/mol. The predicted molar refractivity (Wildman–Crippen MR) is 97.8 cm³/mol. The van der Waals surface area contributed by atoms with E-state index in [1.165, 1.54) is 25.9 Å². The summed E-state index contributed by atoms with van der Waals surface area (Å²) in [6, 6.07) is -0.868. The molecule has 0 aromatic heterocycles. The van der Waals surface area contributed by atoms with E-state index < -0.39 is 35.2 Å². The first-order valence-electron chi connectivity index (χ1n) is 8.75. The van der Waals surface area contributed by atoms with E-state index in [2.05, 4.69) is 0 Å². The third-order valence-electron chi connectivity index (χ3n) is 4.26. The third kappa shape index (κ3) is 6.48. The van der Waals surface area contributed by atoms with Crippen LogP contribution in [-0.2, 0) is 14.3 Å². The van der Waals surface area contributed by atoms with Crippen molar-refractivity contribution in [3.63, 3.8) is 0 Å². The number of hydrogen-bond donors (Lipinski definition) is 2. The molecule has 2 N–H and O–H groups in total. The molecule has 0 saturated heterocycles. The number of nitrogens with zero attached hydrogens (tertiary/aromatic N) is 2. The van der Waals surface area contributed by atoms with Crippen LogP contribution in [0.15, 0.2) is 0 Å². The smallest absolute Gasteiger partial charge is 0.410 e. The zero-order valence-corrected chi connectivity index (χ0v) is 17.2. The average Bonchev–Trinajstić information content (AvgIpc) is 2.48. The van der Waals surface area contributed by atoms with Crippen molar-refractivity contribution in [1.29, 1.82) is 0 Å². The summed E-state index contributed by atoms with van der Waals surface area (Å²) >= 11 is 0. The standard InChI is InChI=1S/C18H34N2O6/c1-12(2)11-13(19(7)16(25)26-17(3,4)5)14(22)20(8)18(6,9-10-21)15(23)24/h12-13,21H,9-11H2,1-8H3,(H,23,24).